The quantitative estimate of drug-likeness (QED) is 0.638. The van der Waals surface area contributed by atoms with Crippen LogP contribution in [0.25, 0.3) is 0 Å². The van der Waals surface area contributed by atoms with Gasteiger partial charge in [0.1, 0.15) is 0 Å². The zero-order valence-electron chi connectivity index (χ0n) is 10.4. The molecule has 0 N–H and O–H groups in total. The Kier molecular flexibility index (Phi) is 2.60. The lowest BCUT2D eigenvalue weighted by atomic mass is 9.61. The van der Waals surface area contributed by atoms with Gasteiger partial charge in [-0.1, -0.05) is 17.7 Å². The van der Waals surface area contributed by atoms with Crippen LogP contribution < -0.4 is 0 Å². The first-order valence-corrected chi connectivity index (χ1v) is 6.65. The fraction of sp³-hybridized carbons (Fsp3) is 0.667. The van der Waals surface area contributed by atoms with Crippen LogP contribution in [0.5, 0.6) is 0 Å². The highest BCUT2D eigenvalue weighted by Gasteiger charge is 2.49. The topological polar surface area (TPSA) is 33.0 Å². The number of rotatable bonds is 0. The Balaban J connectivity index is 2.09. The van der Waals surface area contributed by atoms with Gasteiger partial charge in [-0.05, 0) is 44.6 Å². The van der Waals surface area contributed by atoms with Crippen molar-refractivity contribution >= 4 is 0 Å². The molecule has 0 bridgehead atoms. The Labute approximate surface area is 103 Å². The minimum Gasteiger partial charge on any atom is -0.373 e. The maximum absolute atomic E-state index is 9.69. The molecule has 3 rings (SSSR count). The van der Waals surface area contributed by atoms with Crippen molar-refractivity contribution in [2.75, 3.05) is 6.61 Å². The molecule has 1 fully saturated rings. The molecule has 0 radical (unpaired) electrons. The van der Waals surface area contributed by atoms with E-state index in [1.807, 2.05) is 0 Å². The number of nitriles is 1. The van der Waals surface area contributed by atoms with Crippen molar-refractivity contribution in [1.29, 1.82) is 5.26 Å². The van der Waals surface area contributed by atoms with Crippen LogP contribution in [0.1, 0.15) is 39.0 Å². The van der Waals surface area contributed by atoms with E-state index in [1.165, 1.54) is 11.1 Å². The van der Waals surface area contributed by atoms with Gasteiger partial charge in [0.2, 0.25) is 0 Å². The van der Waals surface area contributed by atoms with E-state index in [1.54, 1.807) is 0 Å². The average Bonchev–Trinajstić information content (AvgIpc) is 2.50. The molecule has 0 amide bonds. The summed E-state index contributed by atoms with van der Waals surface area (Å²) in [6, 6.07) is 2.65. The van der Waals surface area contributed by atoms with Crippen LogP contribution in [-0.2, 0) is 4.74 Å². The third-order valence-electron chi connectivity index (χ3n) is 4.67. The summed E-state index contributed by atoms with van der Waals surface area (Å²) in [5, 5.41) is 9.69. The summed E-state index contributed by atoms with van der Waals surface area (Å²) >= 11 is 0. The molecule has 2 nitrogen and oxygen atoms in total. The fourth-order valence-electron chi connectivity index (χ4n) is 3.79. The Morgan fingerprint density at radius 1 is 1.47 bits per heavy atom. The predicted octanol–water partition coefficient (Wildman–Crippen LogP) is 3.36. The molecule has 1 saturated carbocycles. The average molecular weight is 229 g/mol. The normalized spacial score (nSPS) is 40.5. The van der Waals surface area contributed by atoms with Gasteiger partial charge in [-0.2, -0.15) is 5.26 Å². The van der Waals surface area contributed by atoms with E-state index in [-0.39, 0.29) is 11.5 Å². The van der Waals surface area contributed by atoms with Crippen molar-refractivity contribution in [1.82, 2.24) is 0 Å². The van der Waals surface area contributed by atoms with Crippen molar-refractivity contribution in [3.63, 3.8) is 0 Å². The molecule has 0 aromatic rings. The van der Waals surface area contributed by atoms with Crippen LogP contribution in [0.15, 0.2) is 23.3 Å². The van der Waals surface area contributed by atoms with Gasteiger partial charge < -0.3 is 4.74 Å². The lowest BCUT2D eigenvalue weighted by Gasteiger charge is -2.45. The monoisotopic (exact) mass is 229 g/mol. The summed E-state index contributed by atoms with van der Waals surface area (Å²) in [6.07, 6.45) is 10.2. The van der Waals surface area contributed by atoms with Gasteiger partial charge in [0.15, 0.2) is 0 Å². The summed E-state index contributed by atoms with van der Waals surface area (Å²) in [7, 11) is 0. The lowest BCUT2D eigenvalue weighted by molar-refractivity contribution is -0.0384. The third kappa shape index (κ3) is 1.65. The maximum Gasteiger partial charge on any atom is 0.0697 e. The van der Waals surface area contributed by atoms with Gasteiger partial charge in [-0.25, -0.2) is 0 Å². The molecular weight excluding hydrogens is 210 g/mol. The van der Waals surface area contributed by atoms with Crippen LogP contribution in [0.2, 0.25) is 0 Å². The second-order valence-corrected chi connectivity index (χ2v) is 5.70. The zero-order chi connectivity index (χ0) is 11.9. The first kappa shape index (κ1) is 11.0. The Hall–Kier alpha value is -1.07. The molecule has 0 unspecified atom stereocenters. The summed E-state index contributed by atoms with van der Waals surface area (Å²) < 4.78 is 5.88. The van der Waals surface area contributed by atoms with E-state index in [9.17, 15) is 5.26 Å². The summed E-state index contributed by atoms with van der Waals surface area (Å²) in [5.74, 6) is 0.326. The third-order valence-corrected chi connectivity index (χ3v) is 4.67. The summed E-state index contributed by atoms with van der Waals surface area (Å²) in [5.41, 5.74) is 2.63. The summed E-state index contributed by atoms with van der Waals surface area (Å²) in [4.78, 5) is 0. The molecule has 0 aromatic carbocycles. The van der Waals surface area contributed by atoms with Crippen molar-refractivity contribution in [3.8, 4) is 6.07 Å². The van der Waals surface area contributed by atoms with Gasteiger partial charge in [-0.15, -0.1) is 0 Å². The zero-order valence-corrected chi connectivity index (χ0v) is 10.4. The standard InChI is InChI=1S/C15H19NO/c1-11-4-7-15(10-16)6-2-3-13-14(15)12(9-11)5-8-17-13/h5,9,13-14H,2-4,6-8H2,1H3/t13-,14-,15-/m1/s1. The largest absolute Gasteiger partial charge is 0.373 e. The molecule has 17 heavy (non-hydrogen) atoms. The Morgan fingerprint density at radius 2 is 2.35 bits per heavy atom. The molecule has 0 saturated heterocycles. The summed E-state index contributed by atoms with van der Waals surface area (Å²) in [6.45, 7) is 2.91. The van der Waals surface area contributed by atoms with Crippen molar-refractivity contribution in [2.24, 2.45) is 11.3 Å². The number of ether oxygens (including phenoxy) is 1. The van der Waals surface area contributed by atoms with E-state index < -0.39 is 0 Å². The Bertz CT molecular complexity index is 429. The SMILES string of the molecule is CC1=CC2=CCO[C@@H]3CCC[C@](C#N)(CC1)[C@H]23. The minimum absolute atomic E-state index is 0.163. The maximum atomic E-state index is 9.69. The van der Waals surface area contributed by atoms with Crippen LogP contribution in [0.4, 0.5) is 0 Å². The molecule has 3 aliphatic rings. The van der Waals surface area contributed by atoms with Crippen LogP contribution in [-0.4, -0.2) is 12.7 Å². The molecule has 0 aromatic heterocycles. The highest BCUT2D eigenvalue weighted by atomic mass is 16.5. The van der Waals surface area contributed by atoms with Crippen molar-refractivity contribution < 1.29 is 4.74 Å². The van der Waals surface area contributed by atoms with Gasteiger partial charge in [0.05, 0.1) is 24.2 Å². The minimum atomic E-state index is -0.163. The number of nitrogens with zero attached hydrogens (tertiary/aromatic N) is 1. The first-order valence-electron chi connectivity index (χ1n) is 6.65. The molecule has 2 heteroatoms. The van der Waals surface area contributed by atoms with Crippen molar-refractivity contribution in [3.05, 3.63) is 23.3 Å². The van der Waals surface area contributed by atoms with Crippen molar-refractivity contribution in [2.45, 2.75) is 45.1 Å². The fourth-order valence-corrected chi connectivity index (χ4v) is 3.79. The number of hydrogen-bond donors (Lipinski definition) is 0. The highest BCUT2D eigenvalue weighted by Crippen LogP contribution is 2.52. The lowest BCUT2D eigenvalue weighted by Crippen LogP contribution is -2.44. The molecule has 0 spiro atoms. The van der Waals surface area contributed by atoms with Gasteiger partial charge >= 0.3 is 0 Å². The number of allylic oxidation sites excluding steroid dienone is 2. The van der Waals surface area contributed by atoms with Gasteiger partial charge in [0.25, 0.3) is 0 Å². The first-order chi connectivity index (χ1) is 8.25. The molecule has 2 aliphatic carbocycles. The van der Waals surface area contributed by atoms with E-state index in [2.05, 4.69) is 25.1 Å². The van der Waals surface area contributed by atoms with E-state index in [0.29, 0.717) is 5.92 Å². The predicted molar refractivity (Wildman–Crippen MR) is 66.2 cm³/mol. The second kappa shape index (κ2) is 3.99. The van der Waals surface area contributed by atoms with E-state index in [0.717, 1.165) is 38.7 Å². The van der Waals surface area contributed by atoms with Crippen LogP contribution >= 0.6 is 0 Å². The molecule has 90 valence electrons. The molecule has 1 aliphatic heterocycles. The molecule has 1 heterocycles. The molecule has 3 atom stereocenters. The van der Waals surface area contributed by atoms with Crippen LogP contribution in [0.3, 0.4) is 0 Å². The van der Waals surface area contributed by atoms with E-state index in [4.69, 9.17) is 4.74 Å². The molecular formula is C15H19NO. The van der Waals surface area contributed by atoms with Gasteiger partial charge in [-0.3, -0.25) is 0 Å². The van der Waals surface area contributed by atoms with Gasteiger partial charge in [0, 0.05) is 5.92 Å². The number of hydrogen-bond acceptors (Lipinski definition) is 2. The van der Waals surface area contributed by atoms with Crippen LogP contribution in [0, 0.1) is 22.7 Å². The second-order valence-electron chi connectivity index (χ2n) is 5.70. The smallest absolute Gasteiger partial charge is 0.0697 e. The highest BCUT2D eigenvalue weighted by molar-refractivity contribution is 5.35. The van der Waals surface area contributed by atoms with E-state index >= 15 is 0 Å². The Morgan fingerprint density at radius 3 is 3.18 bits per heavy atom.